The fraction of sp³-hybridized carbons (Fsp3) is 0.533. The molecule has 5 heteroatoms. The van der Waals surface area contributed by atoms with Crippen molar-refractivity contribution in [1.82, 2.24) is 15.5 Å². The van der Waals surface area contributed by atoms with Crippen molar-refractivity contribution >= 4 is 0 Å². The molecule has 1 aliphatic heterocycles. The molecule has 0 aliphatic carbocycles. The van der Waals surface area contributed by atoms with Gasteiger partial charge in [0.25, 0.3) is 0 Å². The van der Waals surface area contributed by atoms with Gasteiger partial charge in [-0.2, -0.15) is 5.10 Å². The van der Waals surface area contributed by atoms with Crippen LogP contribution in [-0.4, -0.2) is 29.5 Å². The number of furan rings is 1. The van der Waals surface area contributed by atoms with E-state index in [4.69, 9.17) is 9.15 Å². The fourth-order valence-corrected chi connectivity index (χ4v) is 2.59. The maximum Gasteiger partial charge on any atom is 0.152 e. The molecular weight excluding hydrogens is 254 g/mol. The van der Waals surface area contributed by atoms with Gasteiger partial charge in [-0.05, 0) is 44.9 Å². The third-order valence-corrected chi connectivity index (χ3v) is 3.69. The minimum Gasteiger partial charge on any atom is -0.460 e. The molecule has 1 atom stereocenters. The van der Waals surface area contributed by atoms with E-state index in [1.165, 1.54) is 12.8 Å². The molecule has 2 N–H and O–H groups in total. The second-order valence-corrected chi connectivity index (χ2v) is 5.28. The molecule has 0 radical (unpaired) electrons. The number of aromatic amines is 1. The summed E-state index contributed by atoms with van der Waals surface area (Å²) in [5, 5.41) is 10.6. The number of aryl methyl sites for hydroxylation is 1. The first kappa shape index (κ1) is 13.4. The molecule has 0 amide bonds. The number of nitrogens with one attached hydrogen (secondary N) is 2. The van der Waals surface area contributed by atoms with Crippen LogP contribution < -0.4 is 5.32 Å². The summed E-state index contributed by atoms with van der Waals surface area (Å²) in [6, 6.07) is 3.93. The molecule has 3 heterocycles. The smallest absolute Gasteiger partial charge is 0.152 e. The first-order valence-corrected chi connectivity index (χ1v) is 7.24. The molecule has 1 saturated heterocycles. The van der Waals surface area contributed by atoms with Gasteiger partial charge >= 0.3 is 0 Å². The summed E-state index contributed by atoms with van der Waals surface area (Å²) in [6.45, 7) is 4.62. The molecular formula is C15H21N3O2. The Morgan fingerprint density at radius 1 is 1.45 bits per heavy atom. The average molecular weight is 275 g/mol. The van der Waals surface area contributed by atoms with Crippen molar-refractivity contribution in [3.63, 3.8) is 0 Å². The Labute approximate surface area is 118 Å². The molecule has 0 saturated carbocycles. The van der Waals surface area contributed by atoms with Crippen LogP contribution in [0.25, 0.3) is 11.5 Å². The van der Waals surface area contributed by atoms with Crippen molar-refractivity contribution in [1.29, 1.82) is 0 Å². The fourth-order valence-electron chi connectivity index (χ4n) is 2.59. The van der Waals surface area contributed by atoms with Gasteiger partial charge in [0.2, 0.25) is 0 Å². The van der Waals surface area contributed by atoms with E-state index in [9.17, 15) is 0 Å². The predicted molar refractivity (Wildman–Crippen MR) is 76.3 cm³/mol. The van der Waals surface area contributed by atoms with Gasteiger partial charge in [-0.1, -0.05) is 0 Å². The second kappa shape index (κ2) is 6.24. The summed E-state index contributed by atoms with van der Waals surface area (Å²) in [4.78, 5) is 0. The molecule has 5 nitrogen and oxygen atoms in total. The van der Waals surface area contributed by atoms with Crippen LogP contribution in [0.2, 0.25) is 0 Å². The highest BCUT2D eigenvalue weighted by molar-refractivity contribution is 5.56. The Hall–Kier alpha value is -1.59. The van der Waals surface area contributed by atoms with Crippen LogP contribution in [0.4, 0.5) is 0 Å². The van der Waals surface area contributed by atoms with Gasteiger partial charge < -0.3 is 14.5 Å². The Kier molecular flexibility index (Phi) is 4.18. The van der Waals surface area contributed by atoms with E-state index in [-0.39, 0.29) is 0 Å². The van der Waals surface area contributed by atoms with E-state index in [1.54, 1.807) is 0 Å². The first-order valence-electron chi connectivity index (χ1n) is 7.24. The van der Waals surface area contributed by atoms with Crippen LogP contribution in [-0.2, 0) is 11.3 Å². The number of ether oxygens (including phenoxy) is 1. The van der Waals surface area contributed by atoms with Gasteiger partial charge in [0, 0.05) is 18.7 Å². The Morgan fingerprint density at radius 2 is 2.40 bits per heavy atom. The van der Waals surface area contributed by atoms with Gasteiger partial charge in [0.05, 0.1) is 12.3 Å². The lowest BCUT2D eigenvalue weighted by molar-refractivity contribution is 0.104. The van der Waals surface area contributed by atoms with Gasteiger partial charge in [-0.25, -0.2) is 0 Å². The maximum atomic E-state index is 5.64. The highest BCUT2D eigenvalue weighted by Gasteiger charge is 2.15. The van der Waals surface area contributed by atoms with Crippen LogP contribution in [0, 0.1) is 6.92 Å². The second-order valence-electron chi connectivity index (χ2n) is 5.28. The van der Waals surface area contributed by atoms with E-state index in [0.29, 0.717) is 6.10 Å². The van der Waals surface area contributed by atoms with Gasteiger partial charge in [0.1, 0.15) is 11.5 Å². The Balaban J connectivity index is 1.51. The number of nitrogens with zero attached hydrogens (tertiary/aromatic N) is 1. The zero-order chi connectivity index (χ0) is 13.8. The molecule has 0 aromatic carbocycles. The van der Waals surface area contributed by atoms with Crippen molar-refractivity contribution in [2.45, 2.75) is 38.8 Å². The van der Waals surface area contributed by atoms with Gasteiger partial charge in [0.15, 0.2) is 5.76 Å². The van der Waals surface area contributed by atoms with Crippen LogP contribution >= 0.6 is 0 Å². The number of hydrogen-bond donors (Lipinski definition) is 2. The van der Waals surface area contributed by atoms with Crippen molar-refractivity contribution in [3.05, 3.63) is 29.7 Å². The molecule has 108 valence electrons. The summed E-state index contributed by atoms with van der Waals surface area (Å²) >= 11 is 0. The number of H-pyrrole nitrogens is 1. The quantitative estimate of drug-likeness (QED) is 0.796. The summed E-state index contributed by atoms with van der Waals surface area (Å²) in [6.07, 6.45) is 5.77. The topological polar surface area (TPSA) is 63.1 Å². The monoisotopic (exact) mass is 275 g/mol. The molecule has 0 bridgehead atoms. The van der Waals surface area contributed by atoms with Gasteiger partial charge in [-0.15, -0.1) is 0 Å². The van der Waals surface area contributed by atoms with E-state index in [2.05, 4.69) is 15.5 Å². The maximum absolute atomic E-state index is 5.64. The minimum absolute atomic E-state index is 0.444. The summed E-state index contributed by atoms with van der Waals surface area (Å²) in [5.41, 5.74) is 2.09. The van der Waals surface area contributed by atoms with Gasteiger partial charge in [-0.3, -0.25) is 5.10 Å². The third kappa shape index (κ3) is 3.11. The lowest BCUT2D eigenvalue weighted by atomic mass is 10.1. The van der Waals surface area contributed by atoms with E-state index < -0.39 is 0 Å². The van der Waals surface area contributed by atoms with E-state index in [1.807, 2.05) is 25.3 Å². The molecule has 1 fully saturated rings. The van der Waals surface area contributed by atoms with Crippen molar-refractivity contribution in [2.75, 3.05) is 13.2 Å². The summed E-state index contributed by atoms with van der Waals surface area (Å²) < 4.78 is 11.2. The number of rotatable bonds is 6. The number of hydrogen-bond acceptors (Lipinski definition) is 4. The SMILES string of the molecule is Cc1ccc(-c2[nH]ncc2CNCC[C@@H]2CCCO2)o1. The molecule has 3 rings (SSSR count). The number of aromatic nitrogens is 2. The van der Waals surface area contributed by atoms with Crippen molar-refractivity contribution in [2.24, 2.45) is 0 Å². The third-order valence-electron chi connectivity index (χ3n) is 3.69. The summed E-state index contributed by atoms with van der Waals surface area (Å²) in [5.74, 6) is 1.75. The Morgan fingerprint density at radius 3 is 3.15 bits per heavy atom. The lowest BCUT2D eigenvalue weighted by Crippen LogP contribution is -2.19. The van der Waals surface area contributed by atoms with E-state index in [0.717, 1.165) is 48.9 Å². The zero-order valence-electron chi connectivity index (χ0n) is 11.8. The average Bonchev–Trinajstić information content (AvgIpc) is 3.16. The molecule has 0 spiro atoms. The minimum atomic E-state index is 0.444. The predicted octanol–water partition coefficient (Wildman–Crippen LogP) is 2.64. The van der Waals surface area contributed by atoms with Crippen molar-refractivity contribution < 1.29 is 9.15 Å². The van der Waals surface area contributed by atoms with Crippen LogP contribution in [0.3, 0.4) is 0 Å². The van der Waals surface area contributed by atoms with E-state index >= 15 is 0 Å². The zero-order valence-corrected chi connectivity index (χ0v) is 11.8. The van der Waals surface area contributed by atoms with Crippen LogP contribution in [0.5, 0.6) is 0 Å². The molecule has 2 aromatic rings. The lowest BCUT2D eigenvalue weighted by Gasteiger charge is -2.09. The van der Waals surface area contributed by atoms with Crippen LogP contribution in [0.1, 0.15) is 30.6 Å². The normalized spacial score (nSPS) is 18.8. The first-order chi connectivity index (χ1) is 9.83. The highest BCUT2D eigenvalue weighted by Crippen LogP contribution is 2.23. The van der Waals surface area contributed by atoms with Crippen LogP contribution in [0.15, 0.2) is 22.7 Å². The molecule has 1 aliphatic rings. The standard InChI is InChI=1S/C15H21N3O2/c1-11-4-5-14(20-11)15-12(10-17-18-15)9-16-7-6-13-3-2-8-19-13/h4-5,10,13,16H,2-3,6-9H2,1H3,(H,17,18)/t13-/m0/s1. The Bertz CT molecular complexity index is 541. The highest BCUT2D eigenvalue weighted by atomic mass is 16.5. The largest absolute Gasteiger partial charge is 0.460 e. The molecule has 20 heavy (non-hydrogen) atoms. The van der Waals surface area contributed by atoms with Crippen molar-refractivity contribution in [3.8, 4) is 11.5 Å². The summed E-state index contributed by atoms with van der Waals surface area (Å²) in [7, 11) is 0. The molecule has 0 unspecified atom stereocenters. The molecule has 2 aromatic heterocycles.